The number of benzene rings is 1. The van der Waals surface area contributed by atoms with Gasteiger partial charge in [-0.05, 0) is 32.4 Å². The van der Waals surface area contributed by atoms with Crippen molar-refractivity contribution in [1.82, 2.24) is 10.6 Å². The lowest BCUT2D eigenvalue weighted by Gasteiger charge is -2.26. The summed E-state index contributed by atoms with van der Waals surface area (Å²) in [6.45, 7) is 5.83. The van der Waals surface area contributed by atoms with Crippen molar-refractivity contribution >= 4 is 18.3 Å². The van der Waals surface area contributed by atoms with Crippen LogP contribution in [-0.4, -0.2) is 25.0 Å². The van der Waals surface area contributed by atoms with Crippen LogP contribution in [-0.2, 0) is 10.2 Å². The normalized spacial score (nSPS) is 19.1. The van der Waals surface area contributed by atoms with Crippen LogP contribution in [0.2, 0.25) is 0 Å². The molecule has 0 radical (unpaired) electrons. The minimum atomic E-state index is -0.468. The van der Waals surface area contributed by atoms with Gasteiger partial charge in [0.1, 0.15) is 0 Å². The first-order valence-corrected chi connectivity index (χ1v) is 6.18. The molecule has 100 valence electrons. The van der Waals surface area contributed by atoms with E-state index in [1.54, 1.807) is 0 Å². The maximum atomic E-state index is 12.3. The summed E-state index contributed by atoms with van der Waals surface area (Å²) < 4.78 is 0. The Bertz CT molecular complexity index is 386. The topological polar surface area (TPSA) is 41.1 Å². The summed E-state index contributed by atoms with van der Waals surface area (Å²) in [5, 5.41) is 6.37. The van der Waals surface area contributed by atoms with Gasteiger partial charge in [-0.1, -0.05) is 30.3 Å². The smallest absolute Gasteiger partial charge is 0.230 e. The zero-order valence-corrected chi connectivity index (χ0v) is 11.7. The van der Waals surface area contributed by atoms with Crippen LogP contribution in [0.25, 0.3) is 0 Å². The lowest BCUT2D eigenvalue weighted by Crippen LogP contribution is -2.45. The first-order chi connectivity index (χ1) is 8.10. The quantitative estimate of drug-likeness (QED) is 0.879. The van der Waals surface area contributed by atoms with Crippen LogP contribution in [0.3, 0.4) is 0 Å². The van der Waals surface area contributed by atoms with Crippen LogP contribution >= 0.6 is 12.4 Å². The zero-order chi connectivity index (χ0) is 12.3. The van der Waals surface area contributed by atoms with Gasteiger partial charge in [-0.25, -0.2) is 0 Å². The lowest BCUT2D eigenvalue weighted by molar-refractivity contribution is -0.126. The second-order valence-electron chi connectivity index (χ2n) is 5.15. The SMILES string of the molecule is CC(C)(C(=O)NC1CCNC1)c1ccccc1.Cl. The van der Waals surface area contributed by atoms with Crippen molar-refractivity contribution in [1.29, 1.82) is 0 Å². The summed E-state index contributed by atoms with van der Waals surface area (Å²) in [5.74, 6) is 0.109. The van der Waals surface area contributed by atoms with Gasteiger partial charge >= 0.3 is 0 Å². The van der Waals surface area contributed by atoms with E-state index in [0.717, 1.165) is 25.1 Å². The number of hydrogen-bond donors (Lipinski definition) is 2. The molecular weight excluding hydrogens is 248 g/mol. The van der Waals surface area contributed by atoms with Gasteiger partial charge in [0.25, 0.3) is 0 Å². The minimum absolute atomic E-state index is 0. The van der Waals surface area contributed by atoms with Gasteiger partial charge in [-0.2, -0.15) is 0 Å². The fourth-order valence-corrected chi connectivity index (χ4v) is 2.13. The predicted molar refractivity (Wildman–Crippen MR) is 76.1 cm³/mol. The third kappa shape index (κ3) is 3.24. The van der Waals surface area contributed by atoms with Crippen LogP contribution in [0.5, 0.6) is 0 Å². The van der Waals surface area contributed by atoms with Crippen LogP contribution in [0, 0.1) is 0 Å². The molecule has 2 N–H and O–H groups in total. The number of carbonyl (C=O) groups is 1. The van der Waals surface area contributed by atoms with E-state index in [0.29, 0.717) is 0 Å². The Morgan fingerprint density at radius 3 is 2.56 bits per heavy atom. The molecule has 1 atom stereocenters. The Hall–Kier alpha value is -1.06. The standard InChI is InChI=1S/C14H20N2O.ClH/c1-14(2,11-6-4-3-5-7-11)13(17)16-12-8-9-15-10-12;/h3-7,12,15H,8-10H2,1-2H3,(H,16,17);1H. The molecular formula is C14H21ClN2O. The van der Waals surface area contributed by atoms with Gasteiger partial charge < -0.3 is 10.6 Å². The van der Waals surface area contributed by atoms with Crippen molar-refractivity contribution in [3.8, 4) is 0 Å². The van der Waals surface area contributed by atoms with E-state index >= 15 is 0 Å². The van der Waals surface area contributed by atoms with E-state index in [1.807, 2.05) is 44.2 Å². The fraction of sp³-hybridized carbons (Fsp3) is 0.500. The fourth-order valence-electron chi connectivity index (χ4n) is 2.13. The number of hydrogen-bond acceptors (Lipinski definition) is 2. The number of halogens is 1. The molecule has 2 rings (SSSR count). The van der Waals surface area contributed by atoms with Crippen LogP contribution in [0.1, 0.15) is 25.8 Å². The molecule has 1 saturated heterocycles. The van der Waals surface area contributed by atoms with E-state index < -0.39 is 5.41 Å². The first kappa shape index (κ1) is 15.0. The molecule has 3 nitrogen and oxygen atoms in total. The third-order valence-electron chi connectivity index (χ3n) is 3.46. The van der Waals surface area contributed by atoms with Gasteiger partial charge in [-0.3, -0.25) is 4.79 Å². The molecule has 0 spiro atoms. The van der Waals surface area contributed by atoms with Crippen LogP contribution < -0.4 is 10.6 Å². The molecule has 0 aliphatic carbocycles. The van der Waals surface area contributed by atoms with Crippen molar-refractivity contribution < 1.29 is 4.79 Å². The Morgan fingerprint density at radius 2 is 2.00 bits per heavy atom. The number of rotatable bonds is 3. The summed E-state index contributed by atoms with van der Waals surface area (Å²) in [7, 11) is 0. The highest BCUT2D eigenvalue weighted by Gasteiger charge is 2.31. The molecule has 4 heteroatoms. The number of nitrogens with one attached hydrogen (secondary N) is 2. The highest BCUT2D eigenvalue weighted by molar-refractivity contribution is 5.87. The average molecular weight is 269 g/mol. The second kappa shape index (κ2) is 6.21. The maximum Gasteiger partial charge on any atom is 0.230 e. The van der Waals surface area contributed by atoms with Gasteiger partial charge in [0.15, 0.2) is 0 Å². The molecule has 1 aromatic carbocycles. The Morgan fingerprint density at radius 1 is 1.33 bits per heavy atom. The molecule has 18 heavy (non-hydrogen) atoms. The minimum Gasteiger partial charge on any atom is -0.351 e. The number of amides is 1. The van der Waals surface area contributed by atoms with E-state index in [2.05, 4.69) is 10.6 Å². The highest BCUT2D eigenvalue weighted by Crippen LogP contribution is 2.23. The van der Waals surface area contributed by atoms with E-state index in [9.17, 15) is 4.79 Å². The molecule has 1 unspecified atom stereocenters. The molecule has 1 heterocycles. The van der Waals surface area contributed by atoms with E-state index in [4.69, 9.17) is 0 Å². The Labute approximate surface area is 115 Å². The monoisotopic (exact) mass is 268 g/mol. The lowest BCUT2D eigenvalue weighted by atomic mass is 9.83. The number of carbonyl (C=O) groups excluding carboxylic acids is 1. The van der Waals surface area contributed by atoms with E-state index in [-0.39, 0.29) is 24.4 Å². The predicted octanol–water partition coefficient (Wildman–Crippen LogP) is 1.86. The van der Waals surface area contributed by atoms with E-state index in [1.165, 1.54) is 0 Å². The summed E-state index contributed by atoms with van der Waals surface area (Å²) in [6, 6.07) is 10.2. The molecule has 1 aliphatic heterocycles. The maximum absolute atomic E-state index is 12.3. The summed E-state index contributed by atoms with van der Waals surface area (Å²) >= 11 is 0. The van der Waals surface area contributed by atoms with Crippen molar-refractivity contribution in [3.05, 3.63) is 35.9 Å². The molecule has 0 bridgehead atoms. The molecule has 1 fully saturated rings. The molecule has 0 aromatic heterocycles. The summed E-state index contributed by atoms with van der Waals surface area (Å²) in [5.41, 5.74) is 0.590. The largest absolute Gasteiger partial charge is 0.351 e. The average Bonchev–Trinajstić information content (AvgIpc) is 2.83. The van der Waals surface area contributed by atoms with Crippen molar-refractivity contribution in [2.45, 2.75) is 31.7 Å². The van der Waals surface area contributed by atoms with Crippen LogP contribution in [0.15, 0.2) is 30.3 Å². The van der Waals surface area contributed by atoms with Gasteiger partial charge in [-0.15, -0.1) is 12.4 Å². The third-order valence-corrected chi connectivity index (χ3v) is 3.46. The summed E-state index contributed by atoms with van der Waals surface area (Å²) in [6.07, 6.45) is 1.02. The molecule has 1 amide bonds. The van der Waals surface area contributed by atoms with Gasteiger partial charge in [0.2, 0.25) is 5.91 Å². The Balaban J connectivity index is 0.00000162. The molecule has 0 saturated carbocycles. The van der Waals surface area contributed by atoms with Crippen LogP contribution in [0.4, 0.5) is 0 Å². The molecule has 1 aliphatic rings. The first-order valence-electron chi connectivity index (χ1n) is 6.18. The van der Waals surface area contributed by atoms with Crippen molar-refractivity contribution in [3.63, 3.8) is 0 Å². The highest BCUT2D eigenvalue weighted by atomic mass is 35.5. The van der Waals surface area contributed by atoms with Gasteiger partial charge in [0.05, 0.1) is 5.41 Å². The Kier molecular flexibility index (Phi) is 5.17. The van der Waals surface area contributed by atoms with Gasteiger partial charge in [0, 0.05) is 12.6 Å². The molecule has 1 aromatic rings. The second-order valence-corrected chi connectivity index (χ2v) is 5.15. The van der Waals surface area contributed by atoms with Crippen molar-refractivity contribution in [2.75, 3.05) is 13.1 Å². The van der Waals surface area contributed by atoms with Crippen molar-refractivity contribution in [2.24, 2.45) is 0 Å². The summed E-state index contributed by atoms with van der Waals surface area (Å²) in [4.78, 5) is 12.3. The zero-order valence-electron chi connectivity index (χ0n) is 10.9.